The van der Waals surface area contributed by atoms with Crippen molar-refractivity contribution in [3.8, 4) is 0 Å². The van der Waals surface area contributed by atoms with Crippen molar-refractivity contribution < 1.29 is 37.2 Å². The first-order chi connectivity index (χ1) is 16.1. The Hall–Kier alpha value is -3.79. The topological polar surface area (TPSA) is 94.7 Å². The van der Waals surface area contributed by atoms with Crippen LogP contribution in [0, 0.1) is 6.07 Å². The Bertz CT molecular complexity index is 1460. The Morgan fingerprint density at radius 1 is 0.647 bits per heavy atom. The molecule has 0 radical (unpaired) electrons. The predicted molar refractivity (Wildman–Crippen MR) is 131 cm³/mol. The van der Waals surface area contributed by atoms with Gasteiger partial charge in [-0.3, -0.25) is 0 Å². The van der Waals surface area contributed by atoms with Gasteiger partial charge in [0.25, 0.3) is 0 Å². The van der Waals surface area contributed by atoms with E-state index in [4.69, 9.17) is 5.11 Å². The van der Waals surface area contributed by atoms with Crippen LogP contribution in [0.3, 0.4) is 0 Å². The Balaban J connectivity index is 0.000000234. The number of nitrogens with zero attached hydrogens (tertiary/aromatic N) is 2. The molecule has 4 aromatic rings. The van der Waals surface area contributed by atoms with E-state index in [1.807, 2.05) is 42.5 Å². The summed E-state index contributed by atoms with van der Waals surface area (Å²) in [5.74, 6) is -0.899. The smallest absolute Gasteiger partial charge is 0.311 e. The molecule has 0 unspecified atom stereocenters. The molecule has 7 heteroatoms. The van der Waals surface area contributed by atoms with Gasteiger partial charge in [-0.15, -0.1) is 0 Å². The van der Waals surface area contributed by atoms with Crippen LogP contribution < -0.4 is 0 Å². The average molecular weight is 544 g/mol. The van der Waals surface area contributed by atoms with E-state index in [0.29, 0.717) is 5.56 Å². The Morgan fingerprint density at radius 2 is 1.06 bits per heavy atom. The third-order valence-electron chi connectivity index (χ3n) is 5.01. The minimum absolute atomic E-state index is 0. The van der Waals surface area contributed by atoms with Gasteiger partial charge < -0.3 is 15.1 Å². The molecular weight excluding hydrogens is 525 g/mol. The zero-order valence-corrected chi connectivity index (χ0v) is 22.2. The zero-order valence-electron chi connectivity index (χ0n) is 18.2. The fraction of sp³-hybridized carbons (Fsp3) is 0. The molecule has 1 aromatic carbocycles. The van der Waals surface area contributed by atoms with E-state index in [2.05, 4.69) is 56.3 Å². The second kappa shape index (κ2) is 10.4. The van der Waals surface area contributed by atoms with Crippen LogP contribution >= 0.6 is 0 Å². The Labute approximate surface area is 215 Å². The Kier molecular flexibility index (Phi) is 7.17. The van der Waals surface area contributed by atoms with E-state index in [1.54, 1.807) is 12.1 Å². The number of fused-ring (bicyclic) bond motifs is 8. The Morgan fingerprint density at radius 3 is 1.47 bits per heavy atom. The second-order valence-corrected chi connectivity index (χ2v) is 7.50. The first kappa shape index (κ1) is 23.4. The predicted octanol–water partition coefficient (Wildman–Crippen LogP) is 5.84. The maximum absolute atomic E-state index is 10.2. The number of nitrogens with one attached hydrogen (secondary N) is 2. The van der Waals surface area contributed by atoms with Crippen molar-refractivity contribution in [2.75, 3.05) is 0 Å². The van der Waals surface area contributed by atoms with Crippen LogP contribution in [0.25, 0.3) is 46.4 Å². The number of carbonyl (C=O) groups is 1. The van der Waals surface area contributed by atoms with Crippen LogP contribution in [0.2, 0.25) is 0 Å². The van der Waals surface area contributed by atoms with Gasteiger partial charge in [-0.05, 0) is 78.4 Å². The molecular formula is C27H19CdN4O2-. The van der Waals surface area contributed by atoms with Crippen LogP contribution in [-0.4, -0.2) is 31.0 Å². The molecule has 0 amide bonds. The zero-order chi connectivity index (χ0) is 22.6. The fourth-order valence-electron chi connectivity index (χ4n) is 3.47. The summed E-state index contributed by atoms with van der Waals surface area (Å²) < 4.78 is 0. The van der Waals surface area contributed by atoms with E-state index in [-0.39, 0.29) is 27.3 Å². The molecule has 3 N–H and O–H groups in total. The molecule has 0 saturated carbocycles. The maximum Gasteiger partial charge on any atom is 0.311 e. The van der Waals surface area contributed by atoms with Crippen molar-refractivity contribution in [1.29, 1.82) is 0 Å². The number of hydrogen-bond donors (Lipinski definition) is 3. The van der Waals surface area contributed by atoms with Gasteiger partial charge in [0, 0.05) is 49.4 Å². The van der Waals surface area contributed by atoms with Crippen molar-refractivity contribution in [3.63, 3.8) is 0 Å². The van der Waals surface area contributed by atoms with Gasteiger partial charge >= 0.3 is 5.97 Å². The standard InChI is InChI=1S/C20H14N4.C7H5O2.Cd/c1-2-14-10-16-5-6-18(23-16)12-20-8-7-19(24-20)11-17-4-3-15(22-17)9-13(1)21-14;8-7(9)6-4-2-1-3-5-6;/h1-12,21-22H;2-5H,(H,8,9);/q;-1;. The molecule has 0 aliphatic carbocycles. The number of carboxylic acid groups (broad SMARTS) is 1. The molecule has 2 aliphatic rings. The minimum atomic E-state index is -0.899. The van der Waals surface area contributed by atoms with Gasteiger partial charge in [-0.2, -0.15) is 30.3 Å². The average Bonchev–Trinajstić information content (AvgIpc) is 3.61. The van der Waals surface area contributed by atoms with Crippen LogP contribution in [0.5, 0.6) is 0 Å². The van der Waals surface area contributed by atoms with Crippen LogP contribution in [0.4, 0.5) is 0 Å². The van der Waals surface area contributed by atoms with Crippen LogP contribution in [0.1, 0.15) is 33.1 Å². The summed E-state index contributed by atoms with van der Waals surface area (Å²) in [5.41, 5.74) is 8.16. The summed E-state index contributed by atoms with van der Waals surface area (Å²) in [4.78, 5) is 26.2. The van der Waals surface area contributed by atoms with E-state index >= 15 is 0 Å². The fourth-order valence-corrected chi connectivity index (χ4v) is 3.47. The molecule has 5 heterocycles. The van der Waals surface area contributed by atoms with E-state index in [9.17, 15) is 4.79 Å². The van der Waals surface area contributed by atoms with E-state index in [1.165, 1.54) is 12.1 Å². The van der Waals surface area contributed by atoms with Crippen LogP contribution in [0.15, 0.2) is 72.8 Å². The van der Waals surface area contributed by atoms with Crippen molar-refractivity contribution in [2.24, 2.45) is 0 Å². The minimum Gasteiger partial charge on any atom is -0.479 e. The van der Waals surface area contributed by atoms with Crippen molar-refractivity contribution in [3.05, 3.63) is 107 Å². The number of aromatic nitrogens is 4. The summed E-state index contributed by atoms with van der Waals surface area (Å²) in [6.07, 6.45) is 8.05. The van der Waals surface area contributed by atoms with E-state index in [0.717, 1.165) is 44.8 Å². The molecule has 0 spiro atoms. The molecule has 6 rings (SSSR count). The normalized spacial score (nSPS) is 11.3. The number of H-pyrrole nitrogens is 2. The molecule has 162 valence electrons. The molecule has 2 aliphatic heterocycles. The molecule has 34 heavy (non-hydrogen) atoms. The molecule has 0 fully saturated rings. The first-order valence-electron chi connectivity index (χ1n) is 10.3. The molecule has 8 bridgehead atoms. The summed E-state index contributed by atoms with van der Waals surface area (Å²) in [6, 6.07) is 25.3. The summed E-state index contributed by atoms with van der Waals surface area (Å²) in [7, 11) is 0. The van der Waals surface area contributed by atoms with E-state index < -0.39 is 5.97 Å². The molecule has 3 aromatic heterocycles. The van der Waals surface area contributed by atoms with Gasteiger partial charge in [0.05, 0.1) is 22.8 Å². The van der Waals surface area contributed by atoms with Gasteiger partial charge in [0.1, 0.15) is 0 Å². The molecule has 0 saturated heterocycles. The number of rotatable bonds is 1. The SMILES string of the molecule is C1=Cc2cc3ccc(cc4ccc(cc5nc(cc1n2)C=C5)[nH]4)[nH]3.O=C(O)c1cc[c-]cc1.[Cd]. The monoisotopic (exact) mass is 545 g/mol. The number of aromatic amines is 2. The van der Waals surface area contributed by atoms with Crippen molar-refractivity contribution >= 4 is 52.3 Å². The number of benzene rings is 1. The quantitative estimate of drug-likeness (QED) is 0.179. The molecule has 6 nitrogen and oxygen atoms in total. The van der Waals surface area contributed by atoms with Gasteiger partial charge in [-0.25, -0.2) is 14.8 Å². The van der Waals surface area contributed by atoms with Crippen molar-refractivity contribution in [2.45, 2.75) is 0 Å². The number of carboxylic acids is 1. The third kappa shape index (κ3) is 5.76. The van der Waals surface area contributed by atoms with Crippen LogP contribution in [-0.2, 0) is 27.3 Å². The maximum atomic E-state index is 10.2. The second-order valence-electron chi connectivity index (χ2n) is 7.50. The summed E-state index contributed by atoms with van der Waals surface area (Å²) in [6.45, 7) is 0. The summed E-state index contributed by atoms with van der Waals surface area (Å²) >= 11 is 0. The number of hydrogen-bond acceptors (Lipinski definition) is 3. The molecule has 0 atom stereocenters. The summed E-state index contributed by atoms with van der Waals surface area (Å²) in [5, 5.41) is 8.37. The number of aromatic carboxylic acids is 1. The van der Waals surface area contributed by atoms with Crippen molar-refractivity contribution in [1.82, 2.24) is 19.9 Å². The largest absolute Gasteiger partial charge is 0.479 e. The van der Waals surface area contributed by atoms with Gasteiger partial charge in [-0.1, -0.05) is 0 Å². The van der Waals surface area contributed by atoms with Gasteiger partial charge in [0.15, 0.2) is 0 Å². The third-order valence-corrected chi connectivity index (χ3v) is 5.01. The van der Waals surface area contributed by atoms with Gasteiger partial charge in [0.2, 0.25) is 0 Å². The first-order valence-corrected chi connectivity index (χ1v) is 10.3.